The molecule has 3 fully saturated rings. The van der Waals surface area contributed by atoms with Crippen molar-refractivity contribution in [3.05, 3.63) is 107 Å². The first-order valence-corrected chi connectivity index (χ1v) is 29.0. The summed E-state index contributed by atoms with van der Waals surface area (Å²) in [4.78, 5) is 76.5. The summed E-state index contributed by atoms with van der Waals surface area (Å²) in [5, 5.41) is 38.9. The Morgan fingerprint density at radius 1 is 0.988 bits per heavy atom. The average molecular weight is 1160 g/mol. The van der Waals surface area contributed by atoms with Crippen LogP contribution in [0.1, 0.15) is 77.6 Å². The summed E-state index contributed by atoms with van der Waals surface area (Å²) < 4.78 is 29.7. The number of rotatable bonds is 18. The van der Waals surface area contributed by atoms with Crippen LogP contribution in [0.5, 0.6) is 11.8 Å². The number of phenols is 1. The number of benzene rings is 4. The standard InChI is InChI=1S/C61H70ClFN10O8S/c1-8-51(77)72-24-23-71(30-42(72)17-20-64)57-47-28-48(62)52(46-26-43(74)25-41-11-9-10-12-45(41)46)53(63)54(47)68-60(69-57)81-35(2)29-70-21-18-38(19-22-70)32-80-33-50(76)67-56(61(5,6)7)59(79)73-31-44(75)27-49(73)58(78)66-36(3)39-13-15-40(16-14-39)55-37(4)65-34-82-55/h8-16,25-26,28,34-36,38,42,44,49,56,74-75H,1,17-19,21-24,27,29-33H2,2-7H3,(H,66,78)(H,67,76)/t35-,36+,42+,44-,49+,56-/m1/s1. The second-order valence-corrected chi connectivity index (χ2v) is 24.0. The average Bonchev–Trinajstić information content (AvgIpc) is 3.82. The van der Waals surface area contributed by atoms with E-state index in [2.05, 4.69) is 38.1 Å². The minimum absolute atomic E-state index is 0.0449. The molecule has 0 bridgehead atoms. The molecular formula is C61H70ClFN10O8S. The van der Waals surface area contributed by atoms with Gasteiger partial charge in [0.25, 0.3) is 0 Å². The van der Waals surface area contributed by atoms with Gasteiger partial charge in [0, 0.05) is 50.1 Å². The topological polar surface area (TPSA) is 227 Å². The van der Waals surface area contributed by atoms with E-state index in [-0.39, 0.29) is 90.7 Å². The number of ether oxygens (including phenoxy) is 2. The summed E-state index contributed by atoms with van der Waals surface area (Å²) in [6, 6.07) is 19.2. The summed E-state index contributed by atoms with van der Waals surface area (Å²) in [6.45, 7) is 17.5. The number of piperazine rings is 1. The number of thiazole rings is 1. The second kappa shape index (κ2) is 25.5. The van der Waals surface area contributed by atoms with E-state index in [1.807, 2.05) is 100 Å². The first-order valence-electron chi connectivity index (χ1n) is 27.7. The highest BCUT2D eigenvalue weighted by atomic mass is 35.5. The molecule has 432 valence electrons. The Hall–Kier alpha value is -7.28. The van der Waals surface area contributed by atoms with Gasteiger partial charge >= 0.3 is 6.01 Å². The van der Waals surface area contributed by atoms with Gasteiger partial charge in [0.2, 0.25) is 23.6 Å². The Balaban J connectivity index is 0.807. The van der Waals surface area contributed by atoms with Crippen LogP contribution in [-0.4, -0.2) is 153 Å². The quantitative estimate of drug-likeness (QED) is 0.0594. The number of aryl methyl sites for hydroxylation is 1. The fraction of sp³-hybridized carbons (Fsp3) is 0.443. The molecule has 4 aromatic carbocycles. The lowest BCUT2D eigenvalue weighted by molar-refractivity contribution is -0.144. The fourth-order valence-corrected chi connectivity index (χ4v) is 12.5. The monoisotopic (exact) mass is 1160 g/mol. The molecule has 6 aromatic rings. The third kappa shape index (κ3) is 13.3. The predicted octanol–water partition coefficient (Wildman–Crippen LogP) is 8.36. The number of nitrogens with one attached hydrogen (secondary N) is 2. The Bertz CT molecular complexity index is 3400. The molecule has 9 rings (SSSR count). The highest BCUT2D eigenvalue weighted by molar-refractivity contribution is 7.13. The SMILES string of the molecule is C=CC(=O)N1CCN(c2nc(O[C@H](C)CN3CCC(COCC(=O)N[C@H](C(=O)N4C[C@H](O)C[C@H]4C(=O)N[C@@H](C)c4ccc(-c5scnc5C)cc4)C(C)(C)C)CC3)nc3c(F)c(-c4cc(O)cc5ccccc45)c(Cl)cc23)C[C@@H]1CC#N. The minimum atomic E-state index is -1.00. The van der Waals surface area contributed by atoms with Crippen LogP contribution in [0.25, 0.3) is 43.2 Å². The van der Waals surface area contributed by atoms with Gasteiger partial charge in [-0.25, -0.2) is 9.37 Å². The van der Waals surface area contributed by atoms with Crippen molar-refractivity contribution in [2.45, 2.75) is 104 Å². The molecule has 0 saturated carbocycles. The minimum Gasteiger partial charge on any atom is -0.508 e. The van der Waals surface area contributed by atoms with Gasteiger partial charge in [-0.1, -0.05) is 87.5 Å². The molecule has 6 atom stereocenters. The van der Waals surface area contributed by atoms with Gasteiger partial charge in [-0.2, -0.15) is 15.2 Å². The van der Waals surface area contributed by atoms with E-state index in [0.717, 1.165) is 34.5 Å². The molecule has 0 unspecified atom stereocenters. The van der Waals surface area contributed by atoms with Crippen LogP contribution < -0.4 is 20.3 Å². The van der Waals surface area contributed by atoms with Crippen molar-refractivity contribution in [3.8, 4) is 39.4 Å². The number of piperidine rings is 1. The number of likely N-dealkylation sites (tertiary alicyclic amines) is 2. The van der Waals surface area contributed by atoms with Gasteiger partial charge in [-0.15, -0.1) is 11.3 Å². The summed E-state index contributed by atoms with van der Waals surface area (Å²) >= 11 is 8.54. The summed E-state index contributed by atoms with van der Waals surface area (Å²) in [5.74, 6) is -1.93. The van der Waals surface area contributed by atoms with Gasteiger partial charge in [0.05, 0.1) is 58.4 Å². The lowest BCUT2D eigenvalue weighted by Gasteiger charge is -2.41. The summed E-state index contributed by atoms with van der Waals surface area (Å²) in [7, 11) is 0. The van der Waals surface area contributed by atoms with Crippen LogP contribution in [0.4, 0.5) is 10.2 Å². The normalized spacial score (nSPS) is 19.2. The highest BCUT2D eigenvalue weighted by Gasteiger charge is 2.45. The number of β-amino-alcohol motifs (C(OH)–C–C–N with tert-alkyl or cyclic N) is 1. The van der Waals surface area contributed by atoms with Crippen molar-refractivity contribution in [1.29, 1.82) is 5.26 Å². The van der Waals surface area contributed by atoms with Crippen LogP contribution in [0.2, 0.25) is 5.02 Å². The van der Waals surface area contributed by atoms with Crippen molar-refractivity contribution in [3.63, 3.8) is 0 Å². The lowest BCUT2D eigenvalue weighted by atomic mass is 9.85. The van der Waals surface area contributed by atoms with E-state index in [4.69, 9.17) is 26.1 Å². The summed E-state index contributed by atoms with van der Waals surface area (Å²) in [6.07, 6.45) is 1.51. The molecule has 2 aromatic heterocycles. The van der Waals surface area contributed by atoms with Crippen LogP contribution in [0, 0.1) is 35.4 Å². The van der Waals surface area contributed by atoms with Gasteiger partial charge in [0.15, 0.2) is 5.82 Å². The molecule has 3 aliphatic heterocycles. The molecule has 0 aliphatic carbocycles. The van der Waals surface area contributed by atoms with E-state index < -0.39 is 53.4 Å². The van der Waals surface area contributed by atoms with Crippen molar-refractivity contribution in [2.24, 2.45) is 11.3 Å². The number of carbonyl (C=O) groups is 4. The van der Waals surface area contributed by atoms with Gasteiger partial charge in [-0.3, -0.25) is 24.1 Å². The van der Waals surface area contributed by atoms with Crippen molar-refractivity contribution >= 4 is 74.1 Å². The number of phenolic OH excluding ortho intramolecular Hbond substituents is 1. The number of aliphatic hydroxyl groups is 1. The van der Waals surface area contributed by atoms with Crippen molar-refractivity contribution in [2.75, 3.05) is 63.9 Å². The molecule has 5 heterocycles. The highest BCUT2D eigenvalue weighted by Crippen LogP contribution is 2.43. The molecule has 82 heavy (non-hydrogen) atoms. The van der Waals surface area contributed by atoms with Crippen LogP contribution >= 0.6 is 22.9 Å². The number of anilines is 1. The first-order chi connectivity index (χ1) is 39.2. The number of nitriles is 1. The van der Waals surface area contributed by atoms with Gasteiger partial charge in [-0.05, 0) is 110 Å². The number of halogens is 2. The molecular weight excluding hydrogens is 1090 g/mol. The molecule has 21 heteroatoms. The number of carbonyl (C=O) groups excluding carboxylic acids is 4. The third-order valence-corrected chi connectivity index (χ3v) is 17.0. The Morgan fingerprint density at radius 2 is 1.73 bits per heavy atom. The van der Waals surface area contributed by atoms with E-state index in [1.165, 1.54) is 17.0 Å². The number of hydrogen-bond acceptors (Lipinski definition) is 15. The zero-order valence-corrected chi connectivity index (χ0v) is 48.6. The maximum absolute atomic E-state index is 17.3. The van der Waals surface area contributed by atoms with E-state index in [0.29, 0.717) is 60.3 Å². The number of nitrogens with zero attached hydrogens (tertiary/aromatic N) is 8. The Kier molecular flexibility index (Phi) is 18.4. The van der Waals surface area contributed by atoms with Crippen LogP contribution in [0.3, 0.4) is 0 Å². The molecule has 3 aliphatic rings. The maximum Gasteiger partial charge on any atom is 0.319 e. The first kappa shape index (κ1) is 59.3. The van der Waals surface area contributed by atoms with Crippen molar-refractivity contribution < 1.29 is 43.3 Å². The number of aliphatic hydroxyl groups excluding tert-OH is 1. The van der Waals surface area contributed by atoms with E-state index >= 15 is 4.39 Å². The largest absolute Gasteiger partial charge is 0.508 e. The molecule has 4 N–H and O–H groups in total. The molecule has 3 saturated heterocycles. The number of aromatic nitrogens is 3. The lowest BCUT2D eigenvalue weighted by Crippen LogP contribution is -2.58. The fourth-order valence-electron chi connectivity index (χ4n) is 11.4. The molecule has 0 radical (unpaired) electrons. The Morgan fingerprint density at radius 3 is 2.43 bits per heavy atom. The van der Waals surface area contributed by atoms with Crippen molar-refractivity contribution in [1.82, 2.24) is 40.3 Å². The van der Waals surface area contributed by atoms with E-state index in [1.54, 1.807) is 28.4 Å². The van der Waals surface area contributed by atoms with E-state index in [9.17, 15) is 34.7 Å². The van der Waals surface area contributed by atoms with Gasteiger partial charge in [0.1, 0.15) is 41.9 Å². The molecule has 0 spiro atoms. The second-order valence-electron chi connectivity index (χ2n) is 22.8. The Labute approximate surface area is 485 Å². The summed E-state index contributed by atoms with van der Waals surface area (Å²) in [5.41, 5.74) is 4.31. The zero-order valence-electron chi connectivity index (χ0n) is 47.0. The zero-order chi connectivity index (χ0) is 58.6. The number of fused-ring (bicyclic) bond motifs is 2. The maximum atomic E-state index is 17.3. The third-order valence-electron chi connectivity index (χ3n) is 15.7. The van der Waals surface area contributed by atoms with Crippen LogP contribution in [0.15, 0.2) is 84.9 Å². The number of hydrogen-bond donors (Lipinski definition) is 4. The molecule has 18 nitrogen and oxygen atoms in total. The smallest absolute Gasteiger partial charge is 0.319 e. The number of aromatic hydroxyl groups is 1. The van der Waals surface area contributed by atoms with Gasteiger partial charge < -0.3 is 45.0 Å². The molecule has 4 amide bonds. The number of amides is 4. The van der Waals surface area contributed by atoms with Crippen LogP contribution in [-0.2, 0) is 23.9 Å². The predicted molar refractivity (Wildman–Crippen MR) is 314 cm³/mol.